The molecule has 106 valence electrons. The van der Waals surface area contributed by atoms with Crippen molar-refractivity contribution in [3.05, 3.63) is 50.0 Å². The van der Waals surface area contributed by atoms with Gasteiger partial charge in [-0.05, 0) is 12.1 Å². The monoisotopic (exact) mass is 282 g/mol. The molecule has 0 aliphatic carbocycles. The lowest BCUT2D eigenvalue weighted by Crippen LogP contribution is -2.22. The van der Waals surface area contributed by atoms with Gasteiger partial charge in [0.1, 0.15) is 0 Å². The van der Waals surface area contributed by atoms with E-state index in [2.05, 4.69) is 28.2 Å². The number of hydrogen-bond acceptors (Lipinski definition) is 5. The van der Waals surface area contributed by atoms with E-state index >= 15 is 0 Å². The van der Waals surface area contributed by atoms with Crippen LogP contribution in [0.4, 0.5) is 5.95 Å². The SMILES string of the molecule is C=CCC(=O)n1nc(-c2cccnc2)nc1N(C=C)C=N. The molecule has 7 heteroatoms. The van der Waals surface area contributed by atoms with E-state index in [-0.39, 0.29) is 18.3 Å². The number of anilines is 1. The van der Waals surface area contributed by atoms with Crippen molar-refractivity contribution in [2.45, 2.75) is 6.42 Å². The van der Waals surface area contributed by atoms with Crippen molar-refractivity contribution in [1.29, 1.82) is 5.41 Å². The summed E-state index contributed by atoms with van der Waals surface area (Å²) in [6.45, 7) is 7.12. The van der Waals surface area contributed by atoms with Crippen LogP contribution in [-0.2, 0) is 0 Å². The summed E-state index contributed by atoms with van der Waals surface area (Å²) in [5, 5.41) is 11.5. The van der Waals surface area contributed by atoms with Crippen LogP contribution in [0.5, 0.6) is 0 Å². The van der Waals surface area contributed by atoms with Gasteiger partial charge in [0.2, 0.25) is 5.95 Å². The lowest BCUT2D eigenvalue weighted by Gasteiger charge is -2.11. The Bertz CT molecular complexity index is 668. The molecule has 0 bridgehead atoms. The molecule has 0 unspecified atom stereocenters. The van der Waals surface area contributed by atoms with E-state index < -0.39 is 0 Å². The molecular weight excluding hydrogens is 268 g/mol. The number of nitrogens with zero attached hydrogens (tertiary/aromatic N) is 5. The van der Waals surface area contributed by atoms with Gasteiger partial charge in [0, 0.05) is 30.6 Å². The lowest BCUT2D eigenvalue weighted by atomic mass is 10.3. The third-order valence-electron chi connectivity index (χ3n) is 2.63. The summed E-state index contributed by atoms with van der Waals surface area (Å²) < 4.78 is 1.14. The van der Waals surface area contributed by atoms with Crippen LogP contribution in [-0.4, -0.2) is 32.0 Å². The number of hydrogen-bond donors (Lipinski definition) is 1. The van der Waals surface area contributed by atoms with Gasteiger partial charge in [-0.25, -0.2) is 0 Å². The van der Waals surface area contributed by atoms with Gasteiger partial charge in [-0.15, -0.1) is 11.7 Å². The van der Waals surface area contributed by atoms with E-state index in [9.17, 15) is 4.79 Å². The molecule has 0 amide bonds. The van der Waals surface area contributed by atoms with E-state index in [1.54, 1.807) is 24.5 Å². The highest BCUT2D eigenvalue weighted by Crippen LogP contribution is 2.19. The molecule has 0 saturated heterocycles. The number of carbonyl (C=O) groups excluding carboxylic acids is 1. The van der Waals surface area contributed by atoms with Gasteiger partial charge in [0.15, 0.2) is 5.82 Å². The molecule has 2 rings (SSSR count). The molecule has 1 N–H and O–H groups in total. The first kappa shape index (κ1) is 14.3. The largest absolute Gasteiger partial charge is 0.291 e. The number of allylic oxidation sites excluding steroid dienone is 1. The molecule has 0 fully saturated rings. The van der Waals surface area contributed by atoms with Crippen molar-refractivity contribution < 1.29 is 4.79 Å². The molecule has 0 aromatic carbocycles. The third kappa shape index (κ3) is 2.92. The molecule has 0 radical (unpaired) electrons. The van der Waals surface area contributed by atoms with Crippen molar-refractivity contribution in [3.8, 4) is 11.4 Å². The van der Waals surface area contributed by atoms with Gasteiger partial charge in [-0.1, -0.05) is 12.7 Å². The van der Waals surface area contributed by atoms with Crippen LogP contribution >= 0.6 is 0 Å². The maximum Gasteiger partial charge on any atom is 0.253 e. The van der Waals surface area contributed by atoms with Gasteiger partial charge in [-0.3, -0.25) is 20.1 Å². The Morgan fingerprint density at radius 1 is 1.48 bits per heavy atom. The fraction of sp³-hybridized carbons (Fsp3) is 0.0714. The summed E-state index contributed by atoms with van der Waals surface area (Å²) in [6, 6.07) is 3.54. The fourth-order valence-corrected chi connectivity index (χ4v) is 1.66. The minimum Gasteiger partial charge on any atom is -0.291 e. The molecule has 2 aromatic rings. The highest BCUT2D eigenvalue weighted by Gasteiger charge is 2.19. The summed E-state index contributed by atoms with van der Waals surface area (Å²) in [7, 11) is 0. The predicted octanol–water partition coefficient (Wildman–Crippen LogP) is 2.11. The highest BCUT2D eigenvalue weighted by molar-refractivity contribution is 5.86. The van der Waals surface area contributed by atoms with Crippen molar-refractivity contribution in [1.82, 2.24) is 19.7 Å². The zero-order chi connectivity index (χ0) is 15.2. The Morgan fingerprint density at radius 3 is 2.86 bits per heavy atom. The molecule has 2 aromatic heterocycles. The number of aromatic nitrogens is 4. The predicted molar refractivity (Wildman–Crippen MR) is 80.2 cm³/mol. The average Bonchev–Trinajstić information content (AvgIpc) is 2.95. The quantitative estimate of drug-likeness (QED) is 0.498. The first-order chi connectivity index (χ1) is 10.2. The van der Waals surface area contributed by atoms with Crippen LogP contribution in [0.2, 0.25) is 0 Å². The Balaban J connectivity index is 2.54. The molecule has 0 atom stereocenters. The van der Waals surface area contributed by atoms with Crippen LogP contribution in [0.3, 0.4) is 0 Å². The maximum atomic E-state index is 12.1. The standard InChI is InChI=1S/C14H14N6O/c1-3-6-12(21)20-14(19(4-2)10-15)17-13(18-20)11-7-5-8-16-9-11/h3-5,7-10,15H,1-2,6H2. The van der Waals surface area contributed by atoms with Gasteiger partial charge in [0.25, 0.3) is 5.91 Å². The van der Waals surface area contributed by atoms with Crippen molar-refractivity contribution in [2.75, 3.05) is 4.90 Å². The Labute approximate surface area is 121 Å². The molecule has 0 spiro atoms. The zero-order valence-electron chi connectivity index (χ0n) is 11.3. The smallest absolute Gasteiger partial charge is 0.253 e. The number of carbonyl (C=O) groups is 1. The highest BCUT2D eigenvalue weighted by atomic mass is 16.2. The van der Waals surface area contributed by atoms with Crippen LogP contribution in [0.1, 0.15) is 11.2 Å². The first-order valence-electron chi connectivity index (χ1n) is 6.14. The van der Waals surface area contributed by atoms with Crippen molar-refractivity contribution in [2.24, 2.45) is 0 Å². The van der Waals surface area contributed by atoms with Crippen LogP contribution < -0.4 is 4.90 Å². The van der Waals surface area contributed by atoms with Gasteiger partial charge in [0.05, 0.1) is 6.34 Å². The lowest BCUT2D eigenvalue weighted by molar-refractivity contribution is 0.0904. The number of rotatable bonds is 6. The van der Waals surface area contributed by atoms with E-state index in [1.165, 1.54) is 17.2 Å². The number of nitrogens with one attached hydrogen (secondary N) is 1. The second kappa shape index (κ2) is 6.38. The Hall–Kier alpha value is -3.09. The zero-order valence-corrected chi connectivity index (χ0v) is 11.3. The van der Waals surface area contributed by atoms with Gasteiger partial charge < -0.3 is 0 Å². The first-order valence-corrected chi connectivity index (χ1v) is 6.14. The summed E-state index contributed by atoms with van der Waals surface area (Å²) in [5.41, 5.74) is 0.679. The van der Waals surface area contributed by atoms with E-state index in [0.717, 1.165) is 11.0 Å². The Morgan fingerprint density at radius 2 is 2.29 bits per heavy atom. The van der Waals surface area contributed by atoms with Crippen molar-refractivity contribution >= 4 is 18.2 Å². The molecule has 7 nitrogen and oxygen atoms in total. The summed E-state index contributed by atoms with van der Waals surface area (Å²) in [5.74, 6) is 0.256. The summed E-state index contributed by atoms with van der Waals surface area (Å²) in [4.78, 5) is 21.7. The molecule has 0 aliphatic heterocycles. The Kier molecular flexibility index (Phi) is 4.35. The maximum absolute atomic E-state index is 12.1. The molecule has 2 heterocycles. The molecular formula is C14H14N6O. The third-order valence-corrected chi connectivity index (χ3v) is 2.63. The van der Waals surface area contributed by atoms with Crippen LogP contribution in [0.15, 0.2) is 50.0 Å². The minimum atomic E-state index is -0.295. The summed E-state index contributed by atoms with van der Waals surface area (Å²) >= 11 is 0. The van der Waals surface area contributed by atoms with Crippen LogP contribution in [0.25, 0.3) is 11.4 Å². The molecule has 0 saturated carbocycles. The van der Waals surface area contributed by atoms with E-state index in [1.807, 2.05) is 0 Å². The number of pyridine rings is 1. The van der Waals surface area contributed by atoms with Crippen LogP contribution in [0, 0.1) is 5.41 Å². The fourth-order valence-electron chi connectivity index (χ4n) is 1.66. The topological polar surface area (TPSA) is 87.8 Å². The second-order valence-electron chi connectivity index (χ2n) is 3.99. The molecule has 0 aliphatic rings. The van der Waals surface area contributed by atoms with Crippen molar-refractivity contribution in [3.63, 3.8) is 0 Å². The minimum absolute atomic E-state index is 0.117. The van der Waals surface area contributed by atoms with E-state index in [0.29, 0.717) is 11.4 Å². The van der Waals surface area contributed by atoms with E-state index in [4.69, 9.17) is 5.41 Å². The summed E-state index contributed by atoms with van der Waals surface area (Å²) in [6.07, 6.45) is 7.22. The molecule has 21 heavy (non-hydrogen) atoms. The van der Waals surface area contributed by atoms with Gasteiger partial charge >= 0.3 is 0 Å². The average molecular weight is 282 g/mol. The second-order valence-corrected chi connectivity index (χ2v) is 3.99. The normalized spacial score (nSPS) is 9.90. The van der Waals surface area contributed by atoms with Gasteiger partial charge in [-0.2, -0.15) is 9.67 Å².